The number of nitrogens with zero attached hydrogens (tertiary/aromatic N) is 2. The van der Waals surface area contributed by atoms with Crippen LogP contribution < -0.4 is 5.73 Å². The van der Waals surface area contributed by atoms with Gasteiger partial charge >= 0.3 is 0 Å². The van der Waals surface area contributed by atoms with E-state index in [1.54, 1.807) is 12.4 Å². The van der Waals surface area contributed by atoms with Crippen molar-refractivity contribution in [2.24, 2.45) is 5.73 Å². The molecule has 0 fully saturated rings. The molecular weight excluding hydrogens is 344 g/mol. The van der Waals surface area contributed by atoms with Gasteiger partial charge in [0.2, 0.25) is 0 Å². The molecule has 1 atom stereocenters. The molecule has 0 aliphatic heterocycles. The fraction of sp³-hybridized carbons (Fsp3) is 0.250. The molecule has 4 heteroatoms. The molecule has 1 unspecified atom stereocenters. The molecule has 28 heavy (non-hydrogen) atoms. The summed E-state index contributed by atoms with van der Waals surface area (Å²) in [5.74, 6) is 0.821. The molecule has 0 amide bonds. The van der Waals surface area contributed by atoms with Crippen molar-refractivity contribution in [2.75, 3.05) is 0 Å². The number of H-pyrrole nitrogens is 1. The van der Waals surface area contributed by atoms with Crippen molar-refractivity contribution < 1.29 is 0 Å². The number of pyridine rings is 1. The second-order valence-corrected chi connectivity index (χ2v) is 8.35. The summed E-state index contributed by atoms with van der Waals surface area (Å²) in [4.78, 5) is 12.2. The minimum absolute atomic E-state index is 0.159. The first-order chi connectivity index (χ1) is 13.4. The molecule has 0 saturated carbocycles. The summed E-state index contributed by atoms with van der Waals surface area (Å²) in [7, 11) is 0. The molecule has 0 saturated heterocycles. The highest BCUT2D eigenvalue weighted by molar-refractivity contribution is 5.82. The molecule has 4 rings (SSSR count). The predicted molar refractivity (Wildman–Crippen MR) is 115 cm³/mol. The van der Waals surface area contributed by atoms with E-state index in [9.17, 15) is 0 Å². The Labute approximate surface area is 165 Å². The van der Waals surface area contributed by atoms with Crippen molar-refractivity contribution in [2.45, 2.75) is 38.6 Å². The topological polar surface area (TPSA) is 67.6 Å². The van der Waals surface area contributed by atoms with Gasteiger partial charge in [0, 0.05) is 12.4 Å². The largest absolute Gasteiger partial charge is 0.341 e. The number of rotatable bonds is 4. The quantitative estimate of drug-likeness (QED) is 0.521. The zero-order chi connectivity index (χ0) is 19.7. The van der Waals surface area contributed by atoms with E-state index in [4.69, 9.17) is 10.7 Å². The van der Waals surface area contributed by atoms with Crippen molar-refractivity contribution in [1.82, 2.24) is 15.0 Å². The number of nitrogens with one attached hydrogen (secondary N) is 1. The van der Waals surface area contributed by atoms with Crippen molar-refractivity contribution in [1.29, 1.82) is 0 Å². The summed E-state index contributed by atoms with van der Waals surface area (Å²) < 4.78 is 0. The lowest BCUT2D eigenvalue weighted by Crippen LogP contribution is -2.15. The highest BCUT2D eigenvalue weighted by Crippen LogP contribution is 2.26. The van der Waals surface area contributed by atoms with Crippen LogP contribution in [-0.2, 0) is 11.8 Å². The van der Waals surface area contributed by atoms with Gasteiger partial charge in [-0.2, -0.15) is 0 Å². The second-order valence-electron chi connectivity index (χ2n) is 8.35. The Balaban J connectivity index is 1.55. The molecule has 2 heterocycles. The lowest BCUT2D eigenvalue weighted by atomic mass is 9.86. The van der Waals surface area contributed by atoms with Crippen LogP contribution in [0.5, 0.6) is 0 Å². The highest BCUT2D eigenvalue weighted by Gasteiger charge is 2.15. The molecule has 0 bridgehead atoms. The van der Waals surface area contributed by atoms with Gasteiger partial charge in [0.05, 0.1) is 17.1 Å². The molecule has 0 aliphatic rings. The Morgan fingerprint density at radius 2 is 1.64 bits per heavy atom. The van der Waals surface area contributed by atoms with Gasteiger partial charge in [-0.1, -0.05) is 51.1 Å². The Morgan fingerprint density at radius 1 is 0.929 bits per heavy atom. The number of fused-ring (bicyclic) bond motifs is 1. The third-order valence-electron chi connectivity index (χ3n) is 5.14. The average molecular weight is 370 g/mol. The van der Waals surface area contributed by atoms with E-state index in [-0.39, 0.29) is 11.5 Å². The number of aromatic nitrogens is 3. The summed E-state index contributed by atoms with van der Waals surface area (Å²) >= 11 is 0. The van der Waals surface area contributed by atoms with Crippen LogP contribution >= 0.6 is 0 Å². The first kappa shape index (κ1) is 18.4. The van der Waals surface area contributed by atoms with E-state index in [0.717, 1.165) is 34.4 Å². The van der Waals surface area contributed by atoms with Gasteiger partial charge < -0.3 is 10.7 Å². The average Bonchev–Trinajstić information content (AvgIpc) is 3.12. The van der Waals surface area contributed by atoms with Gasteiger partial charge in [0.1, 0.15) is 5.82 Å². The molecule has 142 valence electrons. The summed E-state index contributed by atoms with van der Waals surface area (Å²) in [6.07, 6.45) is 4.36. The van der Waals surface area contributed by atoms with Crippen molar-refractivity contribution in [3.05, 3.63) is 83.9 Å². The third kappa shape index (κ3) is 3.82. The SMILES string of the molecule is CC(C)(C)c1ccc(CC(N)c2nc3ccc(-c4ccncc4)cc3[nH]2)cc1. The van der Waals surface area contributed by atoms with Crippen LogP contribution in [0.15, 0.2) is 67.0 Å². The minimum Gasteiger partial charge on any atom is -0.341 e. The van der Waals surface area contributed by atoms with Gasteiger partial charge in [0.25, 0.3) is 0 Å². The number of nitrogens with two attached hydrogens (primary N) is 1. The summed E-state index contributed by atoms with van der Waals surface area (Å²) in [5.41, 5.74) is 13.4. The van der Waals surface area contributed by atoms with Gasteiger partial charge in [0.15, 0.2) is 0 Å². The Morgan fingerprint density at radius 3 is 2.32 bits per heavy atom. The maximum absolute atomic E-state index is 6.46. The third-order valence-corrected chi connectivity index (χ3v) is 5.14. The van der Waals surface area contributed by atoms with E-state index in [1.807, 2.05) is 18.2 Å². The predicted octanol–water partition coefficient (Wildman–Crippen LogP) is 5.16. The first-order valence-corrected chi connectivity index (χ1v) is 9.65. The smallest absolute Gasteiger partial charge is 0.124 e. The fourth-order valence-electron chi connectivity index (χ4n) is 3.42. The summed E-state index contributed by atoms with van der Waals surface area (Å²) in [6, 6.07) is 18.8. The number of benzene rings is 2. The number of imidazole rings is 1. The molecule has 0 aliphatic carbocycles. The number of hydrogen-bond donors (Lipinski definition) is 2. The molecule has 0 radical (unpaired) electrons. The van der Waals surface area contributed by atoms with Crippen LogP contribution in [0.3, 0.4) is 0 Å². The van der Waals surface area contributed by atoms with Crippen molar-refractivity contribution in [3.8, 4) is 11.1 Å². The van der Waals surface area contributed by atoms with Crippen molar-refractivity contribution >= 4 is 11.0 Å². The second kappa shape index (κ2) is 7.21. The van der Waals surface area contributed by atoms with E-state index in [2.05, 4.69) is 67.1 Å². The van der Waals surface area contributed by atoms with Gasteiger partial charge in [-0.05, 0) is 58.4 Å². The van der Waals surface area contributed by atoms with Crippen LogP contribution in [-0.4, -0.2) is 15.0 Å². The van der Waals surface area contributed by atoms with E-state index in [1.165, 1.54) is 11.1 Å². The van der Waals surface area contributed by atoms with Crippen LogP contribution in [0.4, 0.5) is 0 Å². The number of hydrogen-bond acceptors (Lipinski definition) is 3. The monoisotopic (exact) mass is 370 g/mol. The van der Waals surface area contributed by atoms with Crippen LogP contribution in [0.1, 0.15) is 43.8 Å². The summed E-state index contributed by atoms with van der Waals surface area (Å²) in [5, 5.41) is 0. The van der Waals surface area contributed by atoms with E-state index >= 15 is 0 Å². The molecule has 4 aromatic rings. The van der Waals surface area contributed by atoms with Gasteiger partial charge in [-0.25, -0.2) is 4.98 Å². The molecular formula is C24H26N4. The molecule has 0 spiro atoms. The van der Waals surface area contributed by atoms with Crippen LogP contribution in [0.25, 0.3) is 22.2 Å². The molecule has 3 N–H and O–H groups in total. The standard InChI is InChI=1S/C24H26N4/c1-24(2,3)19-7-4-16(5-8-19)14-20(25)23-27-21-9-6-18(15-22(21)28-23)17-10-12-26-13-11-17/h4-13,15,20H,14,25H2,1-3H3,(H,27,28). The maximum Gasteiger partial charge on any atom is 0.124 e. The van der Waals surface area contributed by atoms with Gasteiger partial charge in [-0.15, -0.1) is 0 Å². The van der Waals surface area contributed by atoms with E-state index in [0.29, 0.717) is 0 Å². The molecule has 2 aromatic carbocycles. The molecule has 4 nitrogen and oxygen atoms in total. The lowest BCUT2D eigenvalue weighted by molar-refractivity contribution is 0.589. The Kier molecular flexibility index (Phi) is 4.73. The lowest BCUT2D eigenvalue weighted by Gasteiger charge is -2.19. The van der Waals surface area contributed by atoms with Gasteiger partial charge in [-0.3, -0.25) is 4.98 Å². The maximum atomic E-state index is 6.46. The fourth-order valence-corrected chi connectivity index (χ4v) is 3.42. The number of aromatic amines is 1. The Hall–Kier alpha value is -2.98. The normalized spacial score (nSPS) is 13.0. The zero-order valence-corrected chi connectivity index (χ0v) is 16.6. The highest BCUT2D eigenvalue weighted by atomic mass is 15.0. The van der Waals surface area contributed by atoms with Crippen LogP contribution in [0.2, 0.25) is 0 Å². The molecule has 2 aromatic heterocycles. The van der Waals surface area contributed by atoms with E-state index < -0.39 is 0 Å². The Bertz CT molecular complexity index is 1070. The first-order valence-electron chi connectivity index (χ1n) is 9.65. The summed E-state index contributed by atoms with van der Waals surface area (Å²) in [6.45, 7) is 6.67. The minimum atomic E-state index is -0.169. The zero-order valence-electron chi connectivity index (χ0n) is 16.6. The van der Waals surface area contributed by atoms with Crippen molar-refractivity contribution in [3.63, 3.8) is 0 Å². The van der Waals surface area contributed by atoms with Crippen LogP contribution in [0, 0.1) is 0 Å².